The number of piperidine rings is 1. The number of rotatable bonds is 8. The number of carbonyl (C=O) groups excluding carboxylic acids is 1. The molecule has 0 spiro atoms. The molecule has 1 rings (SSSR count). The Bertz CT molecular complexity index is 326. The average Bonchev–Trinajstić information content (AvgIpc) is 2.45. The number of ether oxygens (including phenoxy) is 1. The second-order valence-corrected chi connectivity index (χ2v) is 7.77. The monoisotopic (exact) mass is 325 g/mol. The van der Waals surface area contributed by atoms with Gasteiger partial charge >= 0.3 is 13.7 Å². The molecule has 0 radical (unpaired) electrons. The minimum Gasteiger partial charge on any atom is -0.438 e. The van der Waals surface area contributed by atoms with Crippen molar-refractivity contribution < 1.29 is 23.1 Å². The summed E-state index contributed by atoms with van der Waals surface area (Å²) >= 11 is 1.25. The topological polar surface area (TPSA) is 65.1 Å². The summed E-state index contributed by atoms with van der Waals surface area (Å²) in [5, 5.41) is 0. The van der Waals surface area contributed by atoms with Crippen LogP contribution in [-0.2, 0) is 18.3 Å². The van der Waals surface area contributed by atoms with E-state index in [0.717, 1.165) is 25.9 Å². The molecule has 0 aromatic heterocycles. The first-order valence-electron chi connectivity index (χ1n) is 6.99. The minimum absolute atomic E-state index is 0.166. The fourth-order valence-electron chi connectivity index (χ4n) is 1.91. The molecule has 1 aliphatic heterocycles. The van der Waals surface area contributed by atoms with Crippen molar-refractivity contribution in [1.29, 1.82) is 0 Å². The highest BCUT2D eigenvalue weighted by Gasteiger charge is 2.24. The number of hydrogen-bond donors (Lipinski definition) is 0. The first-order chi connectivity index (χ1) is 9.61. The van der Waals surface area contributed by atoms with Gasteiger partial charge in [-0.3, -0.25) is 4.57 Å². The van der Waals surface area contributed by atoms with Crippen LogP contribution in [0.1, 0.15) is 33.1 Å². The van der Waals surface area contributed by atoms with Crippen LogP contribution in [0.25, 0.3) is 0 Å². The summed E-state index contributed by atoms with van der Waals surface area (Å²) in [6.07, 6.45) is 2.95. The summed E-state index contributed by atoms with van der Waals surface area (Å²) in [6.45, 7) is 5.75. The molecule has 1 aliphatic rings. The highest BCUT2D eigenvalue weighted by molar-refractivity contribution is 8.04. The maximum Gasteiger partial charge on any atom is 0.410 e. The molecule has 0 unspecified atom stereocenters. The number of amides is 1. The normalized spacial score (nSPS) is 16.2. The lowest BCUT2D eigenvalue weighted by molar-refractivity contribution is 0.111. The Balaban J connectivity index is 2.22. The zero-order valence-corrected chi connectivity index (χ0v) is 13.9. The average molecular weight is 325 g/mol. The van der Waals surface area contributed by atoms with E-state index in [1.807, 2.05) is 0 Å². The Hall–Kier alpha value is -0.230. The zero-order chi connectivity index (χ0) is 14.8. The van der Waals surface area contributed by atoms with Crippen LogP contribution < -0.4 is 0 Å². The van der Waals surface area contributed by atoms with E-state index in [-0.39, 0.29) is 17.5 Å². The van der Waals surface area contributed by atoms with Gasteiger partial charge in [0.2, 0.25) is 0 Å². The lowest BCUT2D eigenvalue weighted by Crippen LogP contribution is -2.35. The summed E-state index contributed by atoms with van der Waals surface area (Å²) in [7, 11) is -3.05. The molecule has 0 bridgehead atoms. The van der Waals surface area contributed by atoms with Gasteiger partial charge in [-0.05, 0) is 33.1 Å². The van der Waals surface area contributed by atoms with Crippen LogP contribution in [0.5, 0.6) is 0 Å². The SMILES string of the molecule is CCOP(=O)(CSCOC(=O)N1CCCCC1)OCC. The predicted octanol–water partition coefficient (Wildman–Crippen LogP) is 3.52. The van der Waals surface area contributed by atoms with Gasteiger partial charge in [0.15, 0.2) is 0 Å². The summed E-state index contributed by atoms with van der Waals surface area (Å²) in [5.41, 5.74) is 0.196. The maximum atomic E-state index is 12.1. The number of carbonyl (C=O) groups is 1. The van der Waals surface area contributed by atoms with Gasteiger partial charge in [-0.2, -0.15) is 0 Å². The van der Waals surface area contributed by atoms with Gasteiger partial charge in [0.05, 0.1) is 18.7 Å². The van der Waals surface area contributed by atoms with Gasteiger partial charge in [-0.1, -0.05) is 0 Å². The Morgan fingerprint density at radius 2 is 1.75 bits per heavy atom. The second kappa shape index (κ2) is 9.66. The third kappa shape index (κ3) is 6.48. The maximum absolute atomic E-state index is 12.1. The van der Waals surface area contributed by atoms with Crippen LogP contribution >= 0.6 is 19.4 Å². The van der Waals surface area contributed by atoms with Gasteiger partial charge < -0.3 is 18.7 Å². The molecule has 0 saturated carbocycles. The van der Waals surface area contributed by atoms with Gasteiger partial charge in [0, 0.05) is 13.1 Å². The summed E-state index contributed by atoms with van der Waals surface area (Å²) < 4.78 is 27.6. The Morgan fingerprint density at radius 1 is 1.15 bits per heavy atom. The van der Waals surface area contributed by atoms with E-state index < -0.39 is 7.60 Å². The molecule has 0 aliphatic carbocycles. The van der Waals surface area contributed by atoms with E-state index in [4.69, 9.17) is 13.8 Å². The van der Waals surface area contributed by atoms with Crippen molar-refractivity contribution in [2.75, 3.05) is 37.7 Å². The van der Waals surface area contributed by atoms with Crippen LogP contribution in [0.15, 0.2) is 0 Å². The number of likely N-dealkylation sites (tertiary alicyclic amines) is 1. The van der Waals surface area contributed by atoms with Crippen LogP contribution in [0.4, 0.5) is 4.79 Å². The van der Waals surface area contributed by atoms with Crippen molar-refractivity contribution in [2.24, 2.45) is 0 Å². The Morgan fingerprint density at radius 3 is 2.30 bits per heavy atom. The first kappa shape index (κ1) is 17.8. The molecular formula is C12H24NO5PS. The predicted molar refractivity (Wildman–Crippen MR) is 80.1 cm³/mol. The van der Waals surface area contributed by atoms with Crippen LogP contribution in [0.3, 0.4) is 0 Å². The van der Waals surface area contributed by atoms with E-state index >= 15 is 0 Å². The minimum atomic E-state index is -3.05. The molecule has 1 amide bonds. The largest absolute Gasteiger partial charge is 0.438 e. The van der Waals surface area contributed by atoms with Crippen LogP contribution in [-0.4, -0.2) is 48.7 Å². The molecule has 0 N–H and O–H groups in total. The molecule has 1 saturated heterocycles. The summed E-state index contributed by atoms with van der Waals surface area (Å²) in [4.78, 5) is 13.4. The Kier molecular flexibility index (Phi) is 8.61. The molecule has 0 aromatic carbocycles. The standard InChI is InChI=1S/C12H24NO5PS/c1-3-17-19(15,18-4-2)11-20-10-16-12(14)13-8-6-5-7-9-13/h3-11H2,1-2H3. The van der Waals surface area contributed by atoms with E-state index in [0.29, 0.717) is 13.2 Å². The van der Waals surface area contributed by atoms with E-state index in [2.05, 4.69) is 0 Å². The van der Waals surface area contributed by atoms with Crippen molar-refractivity contribution in [1.82, 2.24) is 4.90 Å². The van der Waals surface area contributed by atoms with Gasteiger partial charge in [-0.15, -0.1) is 11.8 Å². The lowest BCUT2D eigenvalue weighted by Gasteiger charge is -2.25. The van der Waals surface area contributed by atoms with Crippen LogP contribution in [0, 0.1) is 0 Å². The molecule has 0 atom stereocenters. The van der Waals surface area contributed by atoms with Gasteiger partial charge in [0.25, 0.3) is 0 Å². The fraction of sp³-hybridized carbons (Fsp3) is 0.917. The lowest BCUT2D eigenvalue weighted by atomic mass is 10.1. The molecule has 118 valence electrons. The van der Waals surface area contributed by atoms with Crippen molar-refractivity contribution in [3.05, 3.63) is 0 Å². The number of thioether (sulfide) groups is 1. The van der Waals surface area contributed by atoms with Crippen molar-refractivity contribution in [3.63, 3.8) is 0 Å². The van der Waals surface area contributed by atoms with E-state index in [1.165, 1.54) is 18.2 Å². The highest BCUT2D eigenvalue weighted by atomic mass is 32.2. The molecule has 1 heterocycles. The van der Waals surface area contributed by atoms with Gasteiger partial charge in [-0.25, -0.2) is 4.79 Å². The molecule has 8 heteroatoms. The molecule has 1 fully saturated rings. The third-order valence-electron chi connectivity index (χ3n) is 2.78. The number of nitrogens with zero attached hydrogens (tertiary/aromatic N) is 1. The summed E-state index contributed by atoms with van der Waals surface area (Å²) in [6, 6.07) is 0. The Labute approximate surface area is 125 Å². The van der Waals surface area contributed by atoms with E-state index in [1.54, 1.807) is 18.7 Å². The third-order valence-corrected chi connectivity index (χ3v) is 6.36. The number of hydrogen-bond acceptors (Lipinski definition) is 6. The highest BCUT2D eigenvalue weighted by Crippen LogP contribution is 2.50. The van der Waals surface area contributed by atoms with Crippen molar-refractivity contribution in [2.45, 2.75) is 33.1 Å². The molecule has 20 heavy (non-hydrogen) atoms. The van der Waals surface area contributed by atoms with Crippen LogP contribution in [0.2, 0.25) is 0 Å². The van der Waals surface area contributed by atoms with Gasteiger partial charge in [0.1, 0.15) is 5.94 Å². The first-order valence-corrected chi connectivity index (χ1v) is 9.87. The van der Waals surface area contributed by atoms with E-state index in [9.17, 15) is 9.36 Å². The fourth-order valence-corrected chi connectivity index (χ4v) is 4.75. The molecule has 0 aromatic rings. The quantitative estimate of drug-likeness (QED) is 0.386. The molecular weight excluding hydrogens is 301 g/mol. The van der Waals surface area contributed by atoms with Crippen molar-refractivity contribution >= 4 is 25.5 Å². The smallest absolute Gasteiger partial charge is 0.410 e. The molecule has 6 nitrogen and oxygen atoms in total. The second-order valence-electron chi connectivity index (χ2n) is 4.36. The summed E-state index contributed by atoms with van der Waals surface area (Å²) in [5.74, 6) is 0.166. The van der Waals surface area contributed by atoms with Crippen molar-refractivity contribution in [3.8, 4) is 0 Å². The zero-order valence-electron chi connectivity index (χ0n) is 12.2.